The number of aromatic nitrogens is 3. The normalized spacial score (nSPS) is 12.7. The molecule has 0 fully saturated rings. The Hall–Kier alpha value is -1.43. The van der Waals surface area contributed by atoms with Crippen molar-refractivity contribution in [2.45, 2.75) is 32.7 Å². The summed E-state index contributed by atoms with van der Waals surface area (Å²) in [4.78, 5) is 10.8. The summed E-state index contributed by atoms with van der Waals surface area (Å²) in [7, 11) is 1.67. The summed E-state index contributed by atoms with van der Waals surface area (Å²) in [5.74, 6) is -0.389. The Morgan fingerprint density at radius 3 is 2.88 bits per heavy atom. The van der Waals surface area contributed by atoms with Gasteiger partial charge in [-0.15, -0.1) is 5.10 Å². The van der Waals surface area contributed by atoms with Crippen LogP contribution in [0.5, 0.6) is 0 Å². The van der Waals surface area contributed by atoms with Crippen LogP contribution in [-0.4, -0.2) is 34.6 Å². The number of nitrogens with two attached hydrogens (primary N) is 1. The zero-order valence-corrected chi connectivity index (χ0v) is 9.93. The lowest BCUT2D eigenvalue weighted by atomic mass is 10.2. The number of hydrogen-bond donors (Lipinski definition) is 1. The van der Waals surface area contributed by atoms with Gasteiger partial charge >= 0.3 is 0 Å². The van der Waals surface area contributed by atoms with Gasteiger partial charge in [0.2, 0.25) is 5.91 Å². The standard InChI is InChI=1S/C10H18N4O2/c1-7(4-5-16-3)14-8(2)9(12-13-14)6-10(11)15/h7H,4-6H2,1-3H3,(H2,11,15). The molecule has 1 rings (SSSR count). The summed E-state index contributed by atoms with van der Waals surface area (Å²) in [6.07, 6.45) is 1.000. The second kappa shape index (κ2) is 5.60. The maximum Gasteiger partial charge on any atom is 0.223 e. The van der Waals surface area contributed by atoms with Crippen LogP contribution < -0.4 is 5.73 Å². The molecule has 0 aromatic carbocycles. The summed E-state index contributed by atoms with van der Waals surface area (Å²) in [6.45, 7) is 4.60. The van der Waals surface area contributed by atoms with E-state index in [0.717, 1.165) is 12.1 Å². The van der Waals surface area contributed by atoms with E-state index < -0.39 is 0 Å². The van der Waals surface area contributed by atoms with E-state index in [4.69, 9.17) is 10.5 Å². The highest BCUT2D eigenvalue weighted by atomic mass is 16.5. The van der Waals surface area contributed by atoms with Gasteiger partial charge in [-0.1, -0.05) is 5.21 Å². The highest BCUT2D eigenvalue weighted by Gasteiger charge is 2.14. The molecule has 0 aliphatic rings. The van der Waals surface area contributed by atoms with Crippen molar-refractivity contribution in [3.63, 3.8) is 0 Å². The van der Waals surface area contributed by atoms with Crippen LogP contribution in [-0.2, 0) is 16.0 Å². The summed E-state index contributed by atoms with van der Waals surface area (Å²) in [6, 6.07) is 0.203. The minimum absolute atomic E-state index is 0.142. The van der Waals surface area contributed by atoms with Crippen LogP contribution >= 0.6 is 0 Å². The van der Waals surface area contributed by atoms with Gasteiger partial charge in [-0.3, -0.25) is 4.79 Å². The van der Waals surface area contributed by atoms with Crippen molar-refractivity contribution in [1.82, 2.24) is 15.0 Å². The lowest BCUT2D eigenvalue weighted by Crippen LogP contribution is -2.15. The van der Waals surface area contributed by atoms with Crippen LogP contribution in [0.3, 0.4) is 0 Å². The lowest BCUT2D eigenvalue weighted by Gasteiger charge is -2.12. The number of carbonyl (C=O) groups excluding carboxylic acids is 1. The molecule has 90 valence electrons. The van der Waals surface area contributed by atoms with Gasteiger partial charge in [-0.25, -0.2) is 4.68 Å². The maximum atomic E-state index is 10.8. The number of methoxy groups -OCH3 is 1. The van der Waals surface area contributed by atoms with Gasteiger partial charge < -0.3 is 10.5 Å². The first kappa shape index (κ1) is 12.6. The molecule has 1 aromatic heterocycles. The Bertz CT molecular complexity index is 362. The number of ether oxygens (including phenoxy) is 1. The Morgan fingerprint density at radius 2 is 2.31 bits per heavy atom. The second-order valence-corrected chi connectivity index (χ2v) is 3.84. The molecule has 6 heteroatoms. The van der Waals surface area contributed by atoms with Crippen molar-refractivity contribution in [3.8, 4) is 0 Å². The van der Waals surface area contributed by atoms with Gasteiger partial charge in [0.15, 0.2) is 0 Å². The molecular formula is C10H18N4O2. The third kappa shape index (κ3) is 3.03. The van der Waals surface area contributed by atoms with Gasteiger partial charge in [0.05, 0.1) is 23.9 Å². The molecule has 6 nitrogen and oxygen atoms in total. The van der Waals surface area contributed by atoms with E-state index >= 15 is 0 Å². The van der Waals surface area contributed by atoms with E-state index in [-0.39, 0.29) is 18.4 Å². The maximum absolute atomic E-state index is 10.8. The number of carbonyl (C=O) groups is 1. The zero-order valence-electron chi connectivity index (χ0n) is 9.93. The first-order valence-corrected chi connectivity index (χ1v) is 5.24. The summed E-state index contributed by atoms with van der Waals surface area (Å²) in [5, 5.41) is 7.98. The van der Waals surface area contributed by atoms with Crippen LogP contribution in [0.1, 0.15) is 30.8 Å². The van der Waals surface area contributed by atoms with Crippen LogP contribution in [0.25, 0.3) is 0 Å². The van der Waals surface area contributed by atoms with Crippen LogP contribution in [0, 0.1) is 6.92 Å². The number of rotatable bonds is 6. The van der Waals surface area contributed by atoms with Gasteiger partial charge in [-0.2, -0.15) is 0 Å². The van der Waals surface area contributed by atoms with Crippen molar-refractivity contribution < 1.29 is 9.53 Å². The van der Waals surface area contributed by atoms with E-state index in [0.29, 0.717) is 12.3 Å². The molecule has 0 spiro atoms. The molecule has 0 saturated heterocycles. The first-order valence-electron chi connectivity index (χ1n) is 5.24. The Balaban J connectivity index is 2.74. The lowest BCUT2D eigenvalue weighted by molar-refractivity contribution is -0.117. The molecule has 0 aliphatic carbocycles. The Kier molecular flexibility index (Phi) is 4.42. The van der Waals surface area contributed by atoms with Crippen molar-refractivity contribution >= 4 is 5.91 Å². The topological polar surface area (TPSA) is 83.0 Å². The van der Waals surface area contributed by atoms with Crippen LogP contribution in [0.4, 0.5) is 0 Å². The van der Waals surface area contributed by atoms with Gasteiger partial charge in [0.25, 0.3) is 0 Å². The van der Waals surface area contributed by atoms with Crippen molar-refractivity contribution in [3.05, 3.63) is 11.4 Å². The molecule has 1 atom stereocenters. The molecule has 0 saturated carbocycles. The fourth-order valence-corrected chi connectivity index (χ4v) is 1.53. The fraction of sp³-hybridized carbons (Fsp3) is 0.700. The van der Waals surface area contributed by atoms with E-state index in [2.05, 4.69) is 10.3 Å². The van der Waals surface area contributed by atoms with Gasteiger partial charge in [-0.05, 0) is 20.3 Å². The average molecular weight is 226 g/mol. The average Bonchev–Trinajstić information content (AvgIpc) is 2.56. The Labute approximate surface area is 94.8 Å². The zero-order chi connectivity index (χ0) is 12.1. The SMILES string of the molecule is COCCC(C)n1nnc(CC(N)=O)c1C. The molecule has 0 radical (unpaired) electrons. The fourth-order valence-electron chi connectivity index (χ4n) is 1.53. The van der Waals surface area contributed by atoms with Crippen LogP contribution in [0.2, 0.25) is 0 Å². The molecule has 1 aromatic rings. The predicted octanol–water partition coefficient (Wildman–Crippen LogP) is 0.212. The Morgan fingerprint density at radius 1 is 1.62 bits per heavy atom. The highest BCUT2D eigenvalue weighted by Crippen LogP contribution is 2.14. The molecule has 2 N–H and O–H groups in total. The molecule has 1 amide bonds. The minimum atomic E-state index is -0.389. The summed E-state index contributed by atoms with van der Waals surface area (Å²) >= 11 is 0. The molecular weight excluding hydrogens is 208 g/mol. The molecule has 0 aliphatic heterocycles. The third-order valence-corrected chi connectivity index (χ3v) is 2.52. The van der Waals surface area contributed by atoms with Crippen molar-refractivity contribution in [1.29, 1.82) is 0 Å². The van der Waals surface area contributed by atoms with Gasteiger partial charge in [0, 0.05) is 13.7 Å². The smallest absolute Gasteiger partial charge is 0.223 e. The summed E-state index contributed by atoms with van der Waals surface area (Å²) < 4.78 is 6.81. The first-order chi connectivity index (χ1) is 7.56. The number of hydrogen-bond acceptors (Lipinski definition) is 4. The largest absolute Gasteiger partial charge is 0.385 e. The van der Waals surface area contributed by atoms with E-state index in [1.807, 2.05) is 13.8 Å². The summed E-state index contributed by atoms with van der Waals surface area (Å²) in [5.41, 5.74) is 6.66. The molecule has 1 unspecified atom stereocenters. The monoisotopic (exact) mass is 226 g/mol. The molecule has 1 heterocycles. The van der Waals surface area contributed by atoms with E-state index in [1.54, 1.807) is 11.8 Å². The number of nitrogens with zero attached hydrogens (tertiary/aromatic N) is 3. The molecule has 16 heavy (non-hydrogen) atoms. The van der Waals surface area contributed by atoms with E-state index in [1.165, 1.54) is 0 Å². The highest BCUT2D eigenvalue weighted by molar-refractivity contribution is 5.76. The number of amides is 1. The number of primary amides is 1. The van der Waals surface area contributed by atoms with Gasteiger partial charge in [0.1, 0.15) is 0 Å². The quantitative estimate of drug-likeness (QED) is 0.751. The van der Waals surface area contributed by atoms with Crippen molar-refractivity contribution in [2.75, 3.05) is 13.7 Å². The van der Waals surface area contributed by atoms with Crippen LogP contribution in [0.15, 0.2) is 0 Å². The van der Waals surface area contributed by atoms with Crippen molar-refractivity contribution in [2.24, 2.45) is 5.73 Å². The predicted molar refractivity (Wildman–Crippen MR) is 58.9 cm³/mol. The minimum Gasteiger partial charge on any atom is -0.385 e. The second-order valence-electron chi connectivity index (χ2n) is 3.84. The third-order valence-electron chi connectivity index (χ3n) is 2.52. The van der Waals surface area contributed by atoms with E-state index in [9.17, 15) is 4.79 Å². The molecule has 0 bridgehead atoms.